The van der Waals surface area contributed by atoms with E-state index in [4.69, 9.17) is 4.74 Å². The van der Waals surface area contributed by atoms with Gasteiger partial charge in [0.15, 0.2) is 17.4 Å². The Bertz CT molecular complexity index is 1010. The molecular formula is C21H19FN4O2. The predicted octanol–water partition coefficient (Wildman–Crippen LogP) is 3.27. The first kappa shape index (κ1) is 18.0. The van der Waals surface area contributed by atoms with E-state index in [9.17, 15) is 9.18 Å². The minimum absolute atomic E-state index is 0.151. The van der Waals surface area contributed by atoms with Gasteiger partial charge in [-0.25, -0.2) is 14.4 Å². The summed E-state index contributed by atoms with van der Waals surface area (Å²) >= 11 is 0. The highest BCUT2D eigenvalue weighted by Gasteiger charge is 2.24. The van der Waals surface area contributed by atoms with Crippen LogP contribution in [0.2, 0.25) is 0 Å². The molecule has 3 heterocycles. The lowest BCUT2D eigenvalue weighted by molar-refractivity contribution is 0.0732. The summed E-state index contributed by atoms with van der Waals surface area (Å²) in [4.78, 5) is 27.7. The fraction of sp³-hybridized carbons (Fsp3) is 0.238. The highest BCUT2D eigenvalue weighted by Crippen LogP contribution is 2.23. The molecule has 1 aromatic carbocycles. The van der Waals surface area contributed by atoms with Gasteiger partial charge in [-0.2, -0.15) is 0 Å². The van der Waals surface area contributed by atoms with E-state index < -0.39 is 5.82 Å². The number of pyridine rings is 1. The Morgan fingerprint density at radius 2 is 2.14 bits per heavy atom. The largest absolute Gasteiger partial charge is 0.491 e. The number of halogens is 1. The maximum absolute atomic E-state index is 14.1. The summed E-state index contributed by atoms with van der Waals surface area (Å²) in [6.45, 7) is 3.06. The molecule has 6 nitrogen and oxygen atoms in total. The number of rotatable bonds is 4. The van der Waals surface area contributed by atoms with Crippen LogP contribution in [0.1, 0.15) is 28.5 Å². The Labute approximate surface area is 162 Å². The van der Waals surface area contributed by atoms with Gasteiger partial charge in [-0.15, -0.1) is 0 Å². The van der Waals surface area contributed by atoms with E-state index in [1.807, 2.05) is 18.2 Å². The van der Waals surface area contributed by atoms with Crippen molar-refractivity contribution in [1.29, 1.82) is 0 Å². The van der Waals surface area contributed by atoms with Crippen molar-refractivity contribution in [3.05, 3.63) is 71.4 Å². The van der Waals surface area contributed by atoms with E-state index in [1.54, 1.807) is 30.3 Å². The Morgan fingerprint density at radius 1 is 1.25 bits per heavy atom. The molecule has 1 amide bonds. The summed E-state index contributed by atoms with van der Waals surface area (Å²) in [6, 6.07) is 9.90. The number of fused-ring (bicyclic) bond motifs is 1. The van der Waals surface area contributed by atoms with Crippen molar-refractivity contribution in [3.8, 4) is 17.3 Å². The smallest absolute Gasteiger partial charge is 0.254 e. The van der Waals surface area contributed by atoms with Crippen molar-refractivity contribution in [2.24, 2.45) is 0 Å². The van der Waals surface area contributed by atoms with Gasteiger partial charge in [0.05, 0.1) is 12.3 Å². The molecule has 0 saturated heterocycles. The Kier molecular flexibility index (Phi) is 4.97. The number of aromatic nitrogens is 3. The zero-order valence-electron chi connectivity index (χ0n) is 15.4. The molecular weight excluding hydrogens is 359 g/mol. The first-order chi connectivity index (χ1) is 13.7. The van der Waals surface area contributed by atoms with Gasteiger partial charge in [0.2, 0.25) is 0 Å². The third-order valence-electron chi connectivity index (χ3n) is 4.59. The SMILES string of the molecule is CCOc1ccc(C(=O)N2CCc3nc(-c4ccccn4)ncc3C2)cc1F. The molecule has 0 bridgehead atoms. The van der Waals surface area contributed by atoms with Crippen LogP contribution in [0.5, 0.6) is 5.75 Å². The number of carbonyl (C=O) groups is 1. The Hall–Kier alpha value is -3.35. The number of benzene rings is 1. The molecule has 0 spiro atoms. The molecule has 0 aliphatic carbocycles. The van der Waals surface area contributed by atoms with E-state index in [0.717, 1.165) is 11.3 Å². The van der Waals surface area contributed by atoms with E-state index in [2.05, 4.69) is 15.0 Å². The number of hydrogen-bond acceptors (Lipinski definition) is 5. The third kappa shape index (κ3) is 3.55. The van der Waals surface area contributed by atoms with Gasteiger partial charge in [0.25, 0.3) is 5.91 Å². The van der Waals surface area contributed by atoms with Crippen LogP contribution >= 0.6 is 0 Å². The van der Waals surface area contributed by atoms with Crippen LogP contribution in [0.3, 0.4) is 0 Å². The van der Waals surface area contributed by atoms with Crippen LogP contribution in [-0.4, -0.2) is 38.9 Å². The molecule has 4 rings (SSSR count). The van der Waals surface area contributed by atoms with E-state index in [1.165, 1.54) is 12.1 Å². The van der Waals surface area contributed by atoms with Gasteiger partial charge in [-0.1, -0.05) is 6.07 Å². The van der Waals surface area contributed by atoms with Gasteiger partial charge < -0.3 is 9.64 Å². The molecule has 0 radical (unpaired) electrons. The lowest BCUT2D eigenvalue weighted by Crippen LogP contribution is -2.36. The molecule has 0 unspecified atom stereocenters. The van der Waals surface area contributed by atoms with Gasteiger partial charge >= 0.3 is 0 Å². The number of ether oxygens (including phenoxy) is 1. The number of hydrogen-bond donors (Lipinski definition) is 0. The predicted molar refractivity (Wildman–Crippen MR) is 101 cm³/mol. The van der Waals surface area contributed by atoms with Gasteiger partial charge in [-0.3, -0.25) is 9.78 Å². The first-order valence-corrected chi connectivity index (χ1v) is 9.13. The number of amides is 1. The van der Waals surface area contributed by atoms with Crippen molar-refractivity contribution >= 4 is 5.91 Å². The normalized spacial score (nSPS) is 13.1. The van der Waals surface area contributed by atoms with Crippen molar-refractivity contribution in [3.63, 3.8) is 0 Å². The van der Waals surface area contributed by atoms with Crippen LogP contribution < -0.4 is 4.74 Å². The standard InChI is InChI=1S/C21H19FN4O2/c1-2-28-19-7-6-14(11-16(19)22)21(27)26-10-8-17-15(13-26)12-24-20(25-17)18-5-3-4-9-23-18/h3-7,9,11-12H,2,8,10,13H2,1H3. The van der Waals surface area contributed by atoms with E-state index in [0.29, 0.717) is 43.2 Å². The maximum Gasteiger partial charge on any atom is 0.254 e. The van der Waals surface area contributed by atoms with Gasteiger partial charge in [0, 0.05) is 43.0 Å². The Morgan fingerprint density at radius 3 is 2.89 bits per heavy atom. The molecule has 1 aliphatic rings. The summed E-state index contributed by atoms with van der Waals surface area (Å²) in [6.07, 6.45) is 4.06. The average Bonchev–Trinajstić information content (AvgIpc) is 2.74. The number of nitrogens with zero attached hydrogens (tertiary/aromatic N) is 4. The summed E-state index contributed by atoms with van der Waals surface area (Å²) in [5, 5.41) is 0. The molecule has 3 aromatic rings. The lowest BCUT2D eigenvalue weighted by atomic mass is 10.1. The van der Waals surface area contributed by atoms with Gasteiger partial charge in [-0.05, 0) is 37.3 Å². The molecule has 7 heteroatoms. The monoisotopic (exact) mass is 378 g/mol. The summed E-state index contributed by atoms with van der Waals surface area (Å²) in [5.74, 6) is -0.0268. The van der Waals surface area contributed by atoms with Crippen LogP contribution in [-0.2, 0) is 13.0 Å². The van der Waals surface area contributed by atoms with Crippen LogP contribution in [0.4, 0.5) is 4.39 Å². The highest BCUT2D eigenvalue weighted by atomic mass is 19.1. The molecule has 2 aromatic heterocycles. The topological polar surface area (TPSA) is 68.2 Å². The zero-order chi connectivity index (χ0) is 19.5. The molecule has 0 N–H and O–H groups in total. The zero-order valence-corrected chi connectivity index (χ0v) is 15.4. The number of carbonyl (C=O) groups excluding carboxylic acids is 1. The van der Waals surface area contributed by atoms with Crippen LogP contribution in [0, 0.1) is 5.82 Å². The van der Waals surface area contributed by atoms with Crippen molar-refractivity contribution in [2.45, 2.75) is 19.9 Å². The lowest BCUT2D eigenvalue weighted by Gasteiger charge is -2.28. The Balaban J connectivity index is 1.52. The average molecular weight is 378 g/mol. The first-order valence-electron chi connectivity index (χ1n) is 9.13. The second-order valence-electron chi connectivity index (χ2n) is 6.44. The quantitative estimate of drug-likeness (QED) is 0.697. The van der Waals surface area contributed by atoms with Crippen LogP contribution in [0.25, 0.3) is 11.5 Å². The molecule has 0 fully saturated rings. The van der Waals surface area contributed by atoms with Crippen LogP contribution in [0.15, 0.2) is 48.8 Å². The minimum Gasteiger partial charge on any atom is -0.491 e. The molecule has 1 aliphatic heterocycles. The third-order valence-corrected chi connectivity index (χ3v) is 4.59. The summed E-state index contributed by atoms with van der Waals surface area (Å²) in [5.41, 5.74) is 2.83. The fourth-order valence-electron chi connectivity index (χ4n) is 3.20. The van der Waals surface area contributed by atoms with E-state index >= 15 is 0 Å². The second kappa shape index (κ2) is 7.72. The van der Waals surface area contributed by atoms with E-state index in [-0.39, 0.29) is 11.7 Å². The molecule has 142 valence electrons. The van der Waals surface area contributed by atoms with Crippen molar-refractivity contribution in [1.82, 2.24) is 19.9 Å². The maximum atomic E-state index is 14.1. The van der Waals surface area contributed by atoms with Gasteiger partial charge in [0.1, 0.15) is 5.69 Å². The molecule has 0 saturated carbocycles. The molecule has 0 atom stereocenters. The fourth-order valence-corrected chi connectivity index (χ4v) is 3.20. The summed E-state index contributed by atoms with van der Waals surface area (Å²) < 4.78 is 19.3. The summed E-state index contributed by atoms with van der Waals surface area (Å²) in [7, 11) is 0. The highest BCUT2D eigenvalue weighted by molar-refractivity contribution is 5.94. The van der Waals surface area contributed by atoms with Crippen molar-refractivity contribution in [2.75, 3.05) is 13.2 Å². The molecule has 28 heavy (non-hydrogen) atoms. The second-order valence-corrected chi connectivity index (χ2v) is 6.44. The minimum atomic E-state index is -0.534. The van der Waals surface area contributed by atoms with Crippen molar-refractivity contribution < 1.29 is 13.9 Å².